The number of fused-ring (bicyclic) bond motifs is 2. The third kappa shape index (κ3) is 4.65. The standard InChI is InChI=1S/C30H22N2O4/c1-19-7-6-11-23(15-19)30(35)36-28-14-13-20-8-4-5-12-24(20)26(28)18-31-32-29(34)25-16-21-9-2-3-10-22(21)17-27(25)33/h2-18,33H,1H3,(H,32,34). The lowest BCUT2D eigenvalue weighted by Gasteiger charge is -2.11. The molecule has 0 atom stereocenters. The minimum absolute atomic E-state index is 0.106. The molecule has 0 bridgehead atoms. The first kappa shape index (κ1) is 22.8. The van der Waals surface area contributed by atoms with Crippen LogP contribution in [0.5, 0.6) is 11.5 Å². The largest absolute Gasteiger partial charge is 0.507 e. The molecule has 0 fully saturated rings. The number of carbonyl (C=O) groups is 2. The van der Waals surface area contributed by atoms with E-state index in [9.17, 15) is 14.7 Å². The summed E-state index contributed by atoms with van der Waals surface area (Å²) in [5.41, 5.74) is 4.50. The van der Waals surface area contributed by atoms with E-state index in [0.717, 1.165) is 27.1 Å². The van der Waals surface area contributed by atoms with Crippen LogP contribution in [0.15, 0.2) is 102 Å². The molecule has 0 aliphatic heterocycles. The first-order valence-electron chi connectivity index (χ1n) is 11.4. The monoisotopic (exact) mass is 474 g/mol. The molecule has 1 amide bonds. The number of hydrazone groups is 1. The number of hydrogen-bond donors (Lipinski definition) is 2. The van der Waals surface area contributed by atoms with E-state index in [2.05, 4.69) is 10.5 Å². The van der Waals surface area contributed by atoms with Gasteiger partial charge in [0.1, 0.15) is 11.5 Å². The Morgan fingerprint density at radius 2 is 1.56 bits per heavy atom. The van der Waals surface area contributed by atoms with Crippen molar-refractivity contribution < 1.29 is 19.4 Å². The van der Waals surface area contributed by atoms with E-state index in [1.165, 1.54) is 6.21 Å². The highest BCUT2D eigenvalue weighted by atomic mass is 16.5. The van der Waals surface area contributed by atoms with Crippen LogP contribution in [-0.4, -0.2) is 23.2 Å². The lowest BCUT2D eigenvalue weighted by molar-refractivity contribution is 0.0734. The Hall–Kier alpha value is -4.97. The molecule has 5 aromatic carbocycles. The van der Waals surface area contributed by atoms with Crippen LogP contribution in [0.3, 0.4) is 0 Å². The molecule has 0 aliphatic rings. The number of aryl methyl sites for hydroxylation is 1. The SMILES string of the molecule is Cc1cccc(C(=O)Oc2ccc3ccccc3c2C=NNC(=O)c2cc3ccccc3cc2O)c1. The third-order valence-electron chi connectivity index (χ3n) is 5.86. The predicted molar refractivity (Wildman–Crippen MR) is 141 cm³/mol. The van der Waals surface area contributed by atoms with Gasteiger partial charge in [-0.15, -0.1) is 0 Å². The fraction of sp³-hybridized carbons (Fsp3) is 0.0333. The van der Waals surface area contributed by atoms with Gasteiger partial charge in [-0.25, -0.2) is 10.2 Å². The van der Waals surface area contributed by atoms with Crippen molar-refractivity contribution in [1.29, 1.82) is 0 Å². The number of phenolic OH excluding ortho intramolecular Hbond substituents is 1. The number of aromatic hydroxyl groups is 1. The summed E-state index contributed by atoms with van der Waals surface area (Å²) in [4.78, 5) is 25.6. The molecule has 2 N–H and O–H groups in total. The topological polar surface area (TPSA) is 88.0 Å². The summed E-state index contributed by atoms with van der Waals surface area (Å²) >= 11 is 0. The number of amides is 1. The molecule has 0 saturated heterocycles. The molecule has 0 saturated carbocycles. The minimum atomic E-state index is -0.562. The molecule has 0 radical (unpaired) electrons. The van der Waals surface area contributed by atoms with Gasteiger partial charge in [0.05, 0.1) is 17.3 Å². The van der Waals surface area contributed by atoms with Crippen LogP contribution in [0.4, 0.5) is 0 Å². The van der Waals surface area contributed by atoms with E-state index in [0.29, 0.717) is 16.9 Å². The zero-order valence-corrected chi connectivity index (χ0v) is 19.4. The number of nitrogens with zero attached hydrogens (tertiary/aromatic N) is 1. The third-order valence-corrected chi connectivity index (χ3v) is 5.86. The molecule has 0 heterocycles. The van der Waals surface area contributed by atoms with Crippen molar-refractivity contribution in [2.45, 2.75) is 6.92 Å². The van der Waals surface area contributed by atoms with Gasteiger partial charge in [-0.3, -0.25) is 4.79 Å². The number of rotatable bonds is 5. The lowest BCUT2D eigenvalue weighted by Crippen LogP contribution is -2.18. The van der Waals surface area contributed by atoms with Gasteiger partial charge in [-0.05, 0) is 58.8 Å². The second kappa shape index (κ2) is 9.72. The average Bonchev–Trinajstić information content (AvgIpc) is 2.89. The Morgan fingerprint density at radius 3 is 2.33 bits per heavy atom. The van der Waals surface area contributed by atoms with Gasteiger partial charge in [0.2, 0.25) is 0 Å². The molecular weight excluding hydrogens is 452 g/mol. The van der Waals surface area contributed by atoms with Gasteiger partial charge in [0, 0.05) is 5.56 Å². The Balaban J connectivity index is 1.44. The van der Waals surface area contributed by atoms with Crippen LogP contribution in [0.2, 0.25) is 0 Å². The summed E-state index contributed by atoms with van der Waals surface area (Å²) in [6, 6.07) is 28.9. The fourth-order valence-electron chi connectivity index (χ4n) is 4.05. The van der Waals surface area contributed by atoms with Gasteiger partial charge < -0.3 is 9.84 Å². The number of ether oxygens (including phenoxy) is 1. The Morgan fingerprint density at radius 1 is 0.833 bits per heavy atom. The minimum Gasteiger partial charge on any atom is -0.507 e. The van der Waals surface area contributed by atoms with Gasteiger partial charge in [-0.1, -0.05) is 72.3 Å². The summed E-state index contributed by atoms with van der Waals surface area (Å²) in [5.74, 6) is -0.882. The first-order valence-corrected chi connectivity index (χ1v) is 11.4. The number of esters is 1. The second-order valence-electron chi connectivity index (χ2n) is 8.37. The van der Waals surface area contributed by atoms with E-state index in [-0.39, 0.29) is 11.3 Å². The van der Waals surface area contributed by atoms with Crippen LogP contribution in [0.25, 0.3) is 21.5 Å². The van der Waals surface area contributed by atoms with Crippen molar-refractivity contribution >= 4 is 39.6 Å². The highest BCUT2D eigenvalue weighted by Gasteiger charge is 2.15. The van der Waals surface area contributed by atoms with E-state index < -0.39 is 11.9 Å². The Labute approximate surface area is 207 Å². The Bertz CT molecular complexity index is 1660. The van der Waals surface area contributed by atoms with Crippen molar-refractivity contribution in [1.82, 2.24) is 5.43 Å². The lowest BCUT2D eigenvalue weighted by atomic mass is 10.0. The molecule has 5 aromatic rings. The second-order valence-corrected chi connectivity index (χ2v) is 8.37. The predicted octanol–water partition coefficient (Wildman–Crippen LogP) is 5.99. The highest BCUT2D eigenvalue weighted by molar-refractivity contribution is 6.05. The summed E-state index contributed by atoms with van der Waals surface area (Å²) in [7, 11) is 0. The van der Waals surface area contributed by atoms with Gasteiger partial charge >= 0.3 is 5.97 Å². The van der Waals surface area contributed by atoms with Crippen molar-refractivity contribution in [3.05, 3.63) is 119 Å². The van der Waals surface area contributed by atoms with E-state index in [4.69, 9.17) is 4.74 Å². The van der Waals surface area contributed by atoms with Crippen molar-refractivity contribution in [3.8, 4) is 11.5 Å². The number of phenols is 1. The smallest absolute Gasteiger partial charge is 0.343 e. The average molecular weight is 475 g/mol. The molecule has 5 rings (SSSR count). The molecule has 0 aromatic heterocycles. The normalized spacial score (nSPS) is 11.1. The summed E-state index contributed by atoms with van der Waals surface area (Å²) in [6.07, 6.45) is 1.44. The Kier molecular flexibility index (Phi) is 6.16. The quantitative estimate of drug-likeness (QED) is 0.142. The van der Waals surface area contributed by atoms with Gasteiger partial charge in [0.25, 0.3) is 5.91 Å². The molecule has 0 spiro atoms. The van der Waals surface area contributed by atoms with Crippen LogP contribution in [-0.2, 0) is 0 Å². The zero-order chi connectivity index (χ0) is 25.1. The number of nitrogens with one attached hydrogen (secondary N) is 1. The van der Waals surface area contributed by atoms with Crippen LogP contribution >= 0.6 is 0 Å². The molecule has 0 unspecified atom stereocenters. The molecule has 0 aliphatic carbocycles. The van der Waals surface area contributed by atoms with Crippen LogP contribution in [0.1, 0.15) is 31.8 Å². The van der Waals surface area contributed by atoms with Crippen LogP contribution in [0, 0.1) is 6.92 Å². The van der Waals surface area contributed by atoms with Gasteiger partial charge in [0.15, 0.2) is 0 Å². The first-order chi connectivity index (χ1) is 17.5. The molecule has 176 valence electrons. The summed E-state index contributed by atoms with van der Waals surface area (Å²) < 4.78 is 5.72. The highest BCUT2D eigenvalue weighted by Crippen LogP contribution is 2.28. The number of hydrogen-bond acceptors (Lipinski definition) is 5. The molecule has 36 heavy (non-hydrogen) atoms. The number of benzene rings is 5. The fourth-order valence-corrected chi connectivity index (χ4v) is 4.05. The van der Waals surface area contributed by atoms with Crippen LogP contribution < -0.4 is 10.2 Å². The molecule has 6 heteroatoms. The van der Waals surface area contributed by atoms with E-state index in [1.54, 1.807) is 36.4 Å². The molecule has 6 nitrogen and oxygen atoms in total. The summed E-state index contributed by atoms with van der Waals surface area (Å²) in [6.45, 7) is 1.90. The molecular formula is C30H22N2O4. The van der Waals surface area contributed by atoms with E-state index in [1.807, 2.05) is 67.6 Å². The number of carbonyl (C=O) groups excluding carboxylic acids is 2. The van der Waals surface area contributed by atoms with Crippen molar-refractivity contribution in [2.24, 2.45) is 5.10 Å². The van der Waals surface area contributed by atoms with Gasteiger partial charge in [-0.2, -0.15) is 5.10 Å². The van der Waals surface area contributed by atoms with E-state index >= 15 is 0 Å². The maximum Gasteiger partial charge on any atom is 0.343 e. The zero-order valence-electron chi connectivity index (χ0n) is 19.4. The van der Waals surface area contributed by atoms with Crippen molar-refractivity contribution in [3.63, 3.8) is 0 Å². The maximum absolute atomic E-state index is 12.8. The maximum atomic E-state index is 12.8. The summed E-state index contributed by atoms with van der Waals surface area (Å²) in [5, 5.41) is 17.8. The van der Waals surface area contributed by atoms with Crippen molar-refractivity contribution in [2.75, 3.05) is 0 Å².